The molecule has 3 heterocycles. The van der Waals surface area contributed by atoms with E-state index in [2.05, 4.69) is 10.3 Å². The van der Waals surface area contributed by atoms with Gasteiger partial charge in [-0.2, -0.15) is 0 Å². The number of esters is 1. The van der Waals surface area contributed by atoms with E-state index in [4.69, 9.17) is 9.73 Å². The SMILES string of the molecule is COC(=O)C1=C(CN2CC(F)(F)CC2C(C)=O)NC(c2nccs2)=NC1(C)c1ccc(F)cc1. The van der Waals surface area contributed by atoms with Crippen molar-refractivity contribution in [2.75, 3.05) is 20.2 Å². The summed E-state index contributed by atoms with van der Waals surface area (Å²) in [5.74, 6) is -4.28. The zero-order valence-corrected chi connectivity index (χ0v) is 19.6. The van der Waals surface area contributed by atoms with Crippen LogP contribution in [0.1, 0.15) is 30.8 Å². The van der Waals surface area contributed by atoms with Crippen LogP contribution in [0.25, 0.3) is 0 Å². The highest BCUT2D eigenvalue weighted by Crippen LogP contribution is 2.40. The quantitative estimate of drug-likeness (QED) is 0.624. The lowest BCUT2D eigenvalue weighted by Crippen LogP contribution is -2.46. The summed E-state index contributed by atoms with van der Waals surface area (Å²) >= 11 is 1.30. The molecule has 34 heavy (non-hydrogen) atoms. The summed E-state index contributed by atoms with van der Waals surface area (Å²) in [5, 5.41) is 5.34. The Labute approximate surface area is 198 Å². The summed E-state index contributed by atoms with van der Waals surface area (Å²) in [6.07, 6.45) is 0.997. The Morgan fingerprint density at radius 1 is 1.29 bits per heavy atom. The molecule has 0 amide bonds. The first-order valence-corrected chi connectivity index (χ1v) is 11.4. The minimum atomic E-state index is -3.04. The van der Waals surface area contributed by atoms with Gasteiger partial charge >= 0.3 is 5.97 Å². The molecule has 2 atom stereocenters. The number of methoxy groups -OCH3 is 1. The number of nitrogens with zero attached hydrogens (tertiary/aromatic N) is 3. The number of nitrogens with one attached hydrogen (secondary N) is 1. The number of likely N-dealkylation sites (tertiary alicyclic amines) is 1. The molecule has 1 N–H and O–H groups in total. The number of aliphatic imine (C=N–C) groups is 1. The van der Waals surface area contributed by atoms with Crippen molar-refractivity contribution in [3.05, 3.63) is 63.5 Å². The van der Waals surface area contributed by atoms with Crippen molar-refractivity contribution in [3.8, 4) is 0 Å². The minimum absolute atomic E-state index is 0.0828. The van der Waals surface area contributed by atoms with Crippen LogP contribution in [0, 0.1) is 5.82 Å². The first-order chi connectivity index (χ1) is 16.0. The lowest BCUT2D eigenvalue weighted by Gasteiger charge is -2.36. The maximum atomic E-state index is 14.2. The smallest absolute Gasteiger partial charge is 0.338 e. The number of alkyl halides is 2. The lowest BCUT2D eigenvalue weighted by atomic mass is 9.82. The van der Waals surface area contributed by atoms with Gasteiger partial charge in [0.25, 0.3) is 5.92 Å². The Kier molecular flexibility index (Phi) is 6.34. The topological polar surface area (TPSA) is 83.9 Å². The number of carbonyl (C=O) groups excluding carboxylic acids is 2. The van der Waals surface area contributed by atoms with Crippen LogP contribution in [0.15, 0.2) is 52.1 Å². The Hall–Kier alpha value is -3.05. The van der Waals surface area contributed by atoms with Crippen LogP contribution in [0.5, 0.6) is 0 Å². The van der Waals surface area contributed by atoms with Crippen molar-refractivity contribution in [2.24, 2.45) is 4.99 Å². The summed E-state index contributed by atoms with van der Waals surface area (Å²) in [4.78, 5) is 35.5. The molecule has 2 aromatic rings. The number of ketones is 1. The van der Waals surface area contributed by atoms with E-state index in [1.54, 1.807) is 18.5 Å². The van der Waals surface area contributed by atoms with E-state index < -0.39 is 42.3 Å². The maximum absolute atomic E-state index is 14.2. The van der Waals surface area contributed by atoms with Crippen LogP contribution in [-0.2, 0) is 19.9 Å². The highest BCUT2D eigenvalue weighted by Gasteiger charge is 2.49. The third-order valence-electron chi connectivity index (χ3n) is 6.02. The number of benzene rings is 1. The molecule has 0 spiro atoms. The maximum Gasteiger partial charge on any atom is 0.338 e. The lowest BCUT2D eigenvalue weighted by molar-refractivity contribution is -0.137. The van der Waals surface area contributed by atoms with E-state index >= 15 is 0 Å². The Bertz CT molecular complexity index is 1160. The molecule has 0 bridgehead atoms. The molecule has 4 rings (SSSR count). The van der Waals surface area contributed by atoms with Gasteiger partial charge in [-0.25, -0.2) is 27.9 Å². The molecule has 1 aromatic heterocycles. The molecule has 0 radical (unpaired) electrons. The third-order valence-corrected chi connectivity index (χ3v) is 6.80. The van der Waals surface area contributed by atoms with Gasteiger partial charge in [0.1, 0.15) is 17.1 Å². The van der Waals surface area contributed by atoms with Crippen LogP contribution in [0.3, 0.4) is 0 Å². The number of Topliss-reactive ketones (excluding diaryl/α,β-unsaturated/α-hetero) is 1. The second-order valence-corrected chi connectivity index (χ2v) is 9.33. The molecule has 0 aliphatic carbocycles. The molecule has 1 aromatic carbocycles. The number of thiazole rings is 1. The van der Waals surface area contributed by atoms with E-state index in [1.165, 1.54) is 54.5 Å². The minimum Gasteiger partial charge on any atom is -0.466 e. The summed E-state index contributed by atoms with van der Waals surface area (Å²) < 4.78 is 47.2. The molecular weight excluding hydrogens is 469 g/mol. The molecule has 11 heteroatoms. The van der Waals surface area contributed by atoms with Crippen molar-refractivity contribution in [1.82, 2.24) is 15.2 Å². The number of hydrogen-bond donors (Lipinski definition) is 1. The van der Waals surface area contributed by atoms with Crippen molar-refractivity contribution >= 4 is 28.9 Å². The average Bonchev–Trinajstić information content (AvgIpc) is 3.41. The van der Waals surface area contributed by atoms with Gasteiger partial charge in [0.15, 0.2) is 10.8 Å². The monoisotopic (exact) mass is 492 g/mol. The molecule has 0 saturated carbocycles. The van der Waals surface area contributed by atoms with E-state index in [0.717, 1.165) is 0 Å². The van der Waals surface area contributed by atoms with Gasteiger partial charge in [0, 0.05) is 30.2 Å². The van der Waals surface area contributed by atoms with Gasteiger partial charge in [-0.3, -0.25) is 9.69 Å². The van der Waals surface area contributed by atoms with Crippen LogP contribution in [0.4, 0.5) is 13.2 Å². The number of hydrogen-bond acceptors (Lipinski definition) is 8. The largest absolute Gasteiger partial charge is 0.466 e. The van der Waals surface area contributed by atoms with Crippen molar-refractivity contribution < 1.29 is 27.5 Å². The van der Waals surface area contributed by atoms with Crippen molar-refractivity contribution in [3.63, 3.8) is 0 Å². The van der Waals surface area contributed by atoms with Crippen LogP contribution < -0.4 is 5.32 Å². The fraction of sp³-hybridized carbons (Fsp3) is 0.391. The molecule has 7 nitrogen and oxygen atoms in total. The van der Waals surface area contributed by atoms with Gasteiger partial charge < -0.3 is 10.1 Å². The van der Waals surface area contributed by atoms with Crippen molar-refractivity contribution in [1.29, 1.82) is 0 Å². The first-order valence-electron chi connectivity index (χ1n) is 10.5. The Morgan fingerprint density at radius 2 is 2.00 bits per heavy atom. The number of ether oxygens (including phenoxy) is 1. The fourth-order valence-corrected chi connectivity index (χ4v) is 5.01. The Morgan fingerprint density at radius 3 is 2.59 bits per heavy atom. The van der Waals surface area contributed by atoms with Gasteiger partial charge in [0.2, 0.25) is 0 Å². The number of amidine groups is 1. The second-order valence-electron chi connectivity index (χ2n) is 8.44. The van der Waals surface area contributed by atoms with Gasteiger partial charge in [0.05, 0.1) is 25.3 Å². The molecule has 2 aliphatic rings. The van der Waals surface area contributed by atoms with Crippen LogP contribution in [-0.4, -0.2) is 59.6 Å². The normalized spacial score (nSPS) is 24.5. The van der Waals surface area contributed by atoms with Gasteiger partial charge in [-0.15, -0.1) is 11.3 Å². The first kappa shape index (κ1) is 24.1. The molecule has 180 valence electrons. The van der Waals surface area contributed by atoms with Crippen molar-refractivity contribution in [2.45, 2.75) is 37.8 Å². The van der Waals surface area contributed by atoms with Crippen LogP contribution in [0.2, 0.25) is 0 Å². The molecular formula is C23H23F3N4O3S. The molecule has 2 aliphatic heterocycles. The fourth-order valence-electron chi connectivity index (χ4n) is 4.43. The predicted molar refractivity (Wildman–Crippen MR) is 120 cm³/mol. The molecule has 1 fully saturated rings. The number of halogens is 3. The number of carbonyl (C=O) groups is 2. The summed E-state index contributed by atoms with van der Waals surface area (Å²) in [6.45, 7) is 2.16. The predicted octanol–water partition coefficient (Wildman–Crippen LogP) is 3.27. The summed E-state index contributed by atoms with van der Waals surface area (Å²) in [5.41, 5.74) is -0.490. The summed E-state index contributed by atoms with van der Waals surface area (Å²) in [7, 11) is 1.21. The third kappa shape index (κ3) is 4.49. The second kappa shape index (κ2) is 8.95. The summed E-state index contributed by atoms with van der Waals surface area (Å²) in [6, 6.07) is 4.52. The van der Waals surface area contributed by atoms with E-state index in [9.17, 15) is 22.8 Å². The highest BCUT2D eigenvalue weighted by molar-refractivity contribution is 7.11. The Balaban J connectivity index is 1.86. The van der Waals surface area contributed by atoms with E-state index in [-0.39, 0.29) is 23.6 Å². The van der Waals surface area contributed by atoms with E-state index in [0.29, 0.717) is 16.4 Å². The van der Waals surface area contributed by atoms with Crippen LogP contribution >= 0.6 is 11.3 Å². The number of aromatic nitrogens is 1. The standard InChI is InChI=1S/C23H23F3N4O3S/c1-13(31)17-10-23(25,26)12-30(17)11-16-18(21(32)33-3)22(2,14-4-6-15(24)7-5-14)29-19(28-16)20-27-8-9-34-20/h4-9,17H,10-12H2,1-3H3,(H,28,29). The molecule has 2 unspecified atom stereocenters. The zero-order chi connectivity index (χ0) is 24.7. The average molecular weight is 493 g/mol. The highest BCUT2D eigenvalue weighted by atomic mass is 32.1. The zero-order valence-electron chi connectivity index (χ0n) is 18.8. The van der Waals surface area contributed by atoms with E-state index in [1.807, 2.05) is 0 Å². The van der Waals surface area contributed by atoms with Gasteiger partial charge in [-0.05, 0) is 31.5 Å². The number of rotatable bonds is 6. The van der Waals surface area contributed by atoms with Gasteiger partial charge in [-0.1, -0.05) is 12.1 Å². The molecule has 1 saturated heterocycles.